The summed E-state index contributed by atoms with van der Waals surface area (Å²) in [5.41, 5.74) is 0. The van der Waals surface area contributed by atoms with Crippen molar-refractivity contribution in [2.45, 2.75) is 37.9 Å². The molecule has 78 valence electrons. The molecule has 2 heterocycles. The molecule has 2 amide bonds. The van der Waals surface area contributed by atoms with Gasteiger partial charge in [0, 0.05) is 25.7 Å². The van der Waals surface area contributed by atoms with Gasteiger partial charge in [0.25, 0.3) is 0 Å². The van der Waals surface area contributed by atoms with Gasteiger partial charge in [0.05, 0.1) is 12.1 Å². The molecule has 3 fully saturated rings. The molecule has 1 aliphatic carbocycles. The van der Waals surface area contributed by atoms with Crippen LogP contribution in [0.1, 0.15) is 19.8 Å². The first-order valence-electron chi connectivity index (χ1n) is 5.58. The van der Waals surface area contributed by atoms with E-state index in [1.807, 2.05) is 0 Å². The summed E-state index contributed by atoms with van der Waals surface area (Å²) in [4.78, 5) is 16.2. The van der Waals surface area contributed by atoms with Crippen LogP contribution in [0.4, 0.5) is 4.79 Å². The molecule has 0 aromatic carbocycles. The van der Waals surface area contributed by atoms with E-state index < -0.39 is 0 Å². The number of nitrogens with zero attached hydrogens (tertiary/aromatic N) is 2. The van der Waals surface area contributed by atoms with Gasteiger partial charge < -0.3 is 15.1 Å². The zero-order chi connectivity index (χ0) is 9.71. The molecule has 3 aliphatic rings. The highest BCUT2D eigenvalue weighted by Gasteiger charge is 2.49. The molecule has 14 heavy (non-hydrogen) atoms. The van der Waals surface area contributed by atoms with Gasteiger partial charge in [0.2, 0.25) is 0 Å². The Morgan fingerprint density at radius 2 is 2.21 bits per heavy atom. The molecule has 4 heteroatoms. The first kappa shape index (κ1) is 8.53. The second kappa shape index (κ2) is 2.86. The van der Waals surface area contributed by atoms with Crippen LogP contribution in [0.2, 0.25) is 0 Å². The SMILES string of the molecule is CC1C2CNCCN2C(=O)N1C1CC1. The van der Waals surface area contributed by atoms with Crippen molar-refractivity contribution in [1.29, 1.82) is 0 Å². The number of amides is 2. The van der Waals surface area contributed by atoms with E-state index in [0.29, 0.717) is 18.1 Å². The molecule has 3 rings (SSSR count). The maximum atomic E-state index is 12.1. The van der Waals surface area contributed by atoms with E-state index in [-0.39, 0.29) is 6.03 Å². The molecule has 0 spiro atoms. The normalized spacial score (nSPS) is 37.6. The second-order valence-corrected chi connectivity index (χ2v) is 4.63. The summed E-state index contributed by atoms with van der Waals surface area (Å²) in [6.07, 6.45) is 2.42. The van der Waals surface area contributed by atoms with Crippen LogP contribution in [-0.4, -0.2) is 53.6 Å². The molecule has 1 N–H and O–H groups in total. The van der Waals surface area contributed by atoms with Gasteiger partial charge in [-0.15, -0.1) is 0 Å². The second-order valence-electron chi connectivity index (χ2n) is 4.63. The minimum absolute atomic E-state index is 0.284. The van der Waals surface area contributed by atoms with Crippen LogP contribution in [-0.2, 0) is 0 Å². The van der Waals surface area contributed by atoms with Crippen molar-refractivity contribution in [3.05, 3.63) is 0 Å². The van der Waals surface area contributed by atoms with Gasteiger partial charge in [0.15, 0.2) is 0 Å². The first-order valence-corrected chi connectivity index (χ1v) is 5.58. The monoisotopic (exact) mass is 195 g/mol. The number of fused-ring (bicyclic) bond motifs is 1. The van der Waals surface area contributed by atoms with Crippen molar-refractivity contribution in [1.82, 2.24) is 15.1 Å². The van der Waals surface area contributed by atoms with Crippen LogP contribution in [0.5, 0.6) is 0 Å². The molecular weight excluding hydrogens is 178 g/mol. The van der Waals surface area contributed by atoms with E-state index in [1.54, 1.807) is 0 Å². The average molecular weight is 195 g/mol. The lowest BCUT2D eigenvalue weighted by atomic mass is 10.1. The third-order valence-corrected chi connectivity index (χ3v) is 3.69. The topological polar surface area (TPSA) is 35.6 Å². The van der Waals surface area contributed by atoms with Crippen LogP contribution in [0.25, 0.3) is 0 Å². The van der Waals surface area contributed by atoms with E-state index in [1.165, 1.54) is 12.8 Å². The van der Waals surface area contributed by atoms with E-state index in [9.17, 15) is 4.79 Å². The number of carbonyl (C=O) groups excluding carboxylic acids is 1. The number of hydrogen-bond donors (Lipinski definition) is 1. The van der Waals surface area contributed by atoms with Gasteiger partial charge >= 0.3 is 6.03 Å². The highest BCUT2D eigenvalue weighted by molar-refractivity contribution is 5.78. The van der Waals surface area contributed by atoms with Crippen molar-refractivity contribution >= 4 is 6.03 Å². The largest absolute Gasteiger partial charge is 0.320 e. The average Bonchev–Trinajstić information content (AvgIpc) is 2.99. The van der Waals surface area contributed by atoms with Gasteiger partial charge in [-0.1, -0.05) is 0 Å². The maximum Gasteiger partial charge on any atom is 0.320 e. The van der Waals surface area contributed by atoms with Gasteiger partial charge in [-0.3, -0.25) is 0 Å². The standard InChI is InChI=1S/C10H17N3O/c1-7-9-6-11-4-5-12(9)10(14)13(7)8-2-3-8/h7-9,11H,2-6H2,1H3. The molecule has 0 radical (unpaired) electrons. The summed E-state index contributed by atoms with van der Waals surface area (Å²) in [7, 11) is 0. The van der Waals surface area contributed by atoms with Gasteiger partial charge in [-0.05, 0) is 19.8 Å². The van der Waals surface area contributed by atoms with Crippen LogP contribution in [0.3, 0.4) is 0 Å². The summed E-state index contributed by atoms with van der Waals surface area (Å²) < 4.78 is 0. The molecule has 2 unspecified atom stereocenters. The van der Waals surface area contributed by atoms with Crippen molar-refractivity contribution in [3.8, 4) is 0 Å². The predicted molar refractivity (Wildman–Crippen MR) is 53.1 cm³/mol. The Morgan fingerprint density at radius 3 is 2.86 bits per heavy atom. The van der Waals surface area contributed by atoms with Crippen LogP contribution < -0.4 is 5.32 Å². The fraction of sp³-hybridized carbons (Fsp3) is 0.900. The number of urea groups is 1. The van der Waals surface area contributed by atoms with Crippen molar-refractivity contribution < 1.29 is 4.79 Å². The van der Waals surface area contributed by atoms with Crippen molar-refractivity contribution in [3.63, 3.8) is 0 Å². The van der Waals surface area contributed by atoms with Gasteiger partial charge in [0.1, 0.15) is 0 Å². The van der Waals surface area contributed by atoms with E-state index in [2.05, 4.69) is 22.0 Å². The molecule has 4 nitrogen and oxygen atoms in total. The quantitative estimate of drug-likeness (QED) is 0.651. The molecule has 0 bridgehead atoms. The van der Waals surface area contributed by atoms with Gasteiger partial charge in [-0.2, -0.15) is 0 Å². The fourth-order valence-electron chi connectivity index (χ4n) is 2.74. The zero-order valence-corrected chi connectivity index (χ0v) is 8.57. The molecule has 0 aromatic heterocycles. The molecule has 2 aliphatic heterocycles. The van der Waals surface area contributed by atoms with Crippen LogP contribution in [0.15, 0.2) is 0 Å². The number of hydrogen-bond acceptors (Lipinski definition) is 2. The lowest BCUT2D eigenvalue weighted by Crippen LogP contribution is -2.51. The first-order chi connectivity index (χ1) is 6.79. The third-order valence-electron chi connectivity index (χ3n) is 3.69. The van der Waals surface area contributed by atoms with E-state index in [0.717, 1.165) is 19.6 Å². The lowest BCUT2D eigenvalue weighted by molar-refractivity contribution is 0.178. The Labute approximate surface area is 84.2 Å². The predicted octanol–water partition coefficient (Wildman–Crippen LogP) is 0.247. The van der Waals surface area contributed by atoms with E-state index in [4.69, 9.17) is 0 Å². The Kier molecular flexibility index (Phi) is 1.74. The minimum Gasteiger partial charge on any atom is -0.317 e. The number of carbonyl (C=O) groups is 1. The van der Waals surface area contributed by atoms with Crippen LogP contribution >= 0.6 is 0 Å². The Hall–Kier alpha value is -0.770. The van der Waals surface area contributed by atoms with E-state index >= 15 is 0 Å². The molecule has 2 saturated heterocycles. The third kappa shape index (κ3) is 1.06. The summed E-state index contributed by atoms with van der Waals surface area (Å²) in [5, 5.41) is 3.37. The van der Waals surface area contributed by atoms with Crippen molar-refractivity contribution in [2.75, 3.05) is 19.6 Å². The Balaban J connectivity index is 1.84. The number of nitrogens with one attached hydrogen (secondary N) is 1. The van der Waals surface area contributed by atoms with Crippen molar-refractivity contribution in [2.24, 2.45) is 0 Å². The highest BCUT2D eigenvalue weighted by Crippen LogP contribution is 2.35. The zero-order valence-electron chi connectivity index (χ0n) is 8.57. The minimum atomic E-state index is 0.284. The highest BCUT2D eigenvalue weighted by atomic mass is 16.2. The summed E-state index contributed by atoms with van der Waals surface area (Å²) in [5.74, 6) is 0. The summed E-state index contributed by atoms with van der Waals surface area (Å²) >= 11 is 0. The molecule has 1 saturated carbocycles. The lowest BCUT2D eigenvalue weighted by Gasteiger charge is -2.30. The molecule has 0 aromatic rings. The molecule has 2 atom stereocenters. The summed E-state index contributed by atoms with van der Waals surface area (Å²) in [6, 6.07) is 1.66. The smallest absolute Gasteiger partial charge is 0.317 e. The maximum absolute atomic E-state index is 12.1. The van der Waals surface area contributed by atoms with Crippen LogP contribution in [0, 0.1) is 0 Å². The fourth-order valence-corrected chi connectivity index (χ4v) is 2.74. The number of piperazine rings is 1. The van der Waals surface area contributed by atoms with Gasteiger partial charge in [-0.25, -0.2) is 4.79 Å². The Morgan fingerprint density at radius 1 is 1.43 bits per heavy atom. The molecular formula is C10H17N3O. The Bertz CT molecular complexity index is 264. The number of rotatable bonds is 1. The summed E-state index contributed by atoms with van der Waals surface area (Å²) in [6.45, 7) is 4.99.